The van der Waals surface area contributed by atoms with Gasteiger partial charge in [-0.25, -0.2) is 4.79 Å². The molecule has 0 unspecified atom stereocenters. The minimum Gasteiger partial charge on any atom is -0.445 e. The number of hydrogen-bond donors (Lipinski definition) is 2. The first-order valence-electron chi connectivity index (χ1n) is 11.2. The predicted molar refractivity (Wildman–Crippen MR) is 125 cm³/mol. The van der Waals surface area contributed by atoms with Gasteiger partial charge >= 0.3 is 6.09 Å². The van der Waals surface area contributed by atoms with Crippen molar-refractivity contribution in [1.82, 2.24) is 10.2 Å². The Labute approximate surface area is 189 Å². The highest BCUT2D eigenvalue weighted by Gasteiger charge is 2.30. The zero-order valence-corrected chi connectivity index (χ0v) is 18.2. The van der Waals surface area contributed by atoms with Crippen LogP contribution in [-0.2, 0) is 30.7 Å². The standard InChI is InChI=1S/C27H30N2O3/c30-26(15-21-9-3-1-4-10-21)18-28-17-25-16-23-13-7-8-14-24(23)19-29(25)27(31)32-20-22-11-5-2-6-12-22/h1-14,25-26,28,30H,15-20H2/t25-,26+/m0/s1. The maximum Gasteiger partial charge on any atom is 0.410 e. The van der Waals surface area contributed by atoms with Gasteiger partial charge in [0.05, 0.1) is 12.1 Å². The van der Waals surface area contributed by atoms with Crippen LogP contribution in [0.3, 0.4) is 0 Å². The van der Waals surface area contributed by atoms with Gasteiger partial charge in [0.1, 0.15) is 6.61 Å². The van der Waals surface area contributed by atoms with Crippen LogP contribution in [0, 0.1) is 0 Å². The van der Waals surface area contributed by atoms with Gasteiger partial charge in [0.25, 0.3) is 0 Å². The number of carbonyl (C=O) groups is 1. The Hall–Kier alpha value is -3.15. The third kappa shape index (κ3) is 5.96. The Bertz CT molecular complexity index is 994. The van der Waals surface area contributed by atoms with Crippen LogP contribution < -0.4 is 5.32 Å². The molecule has 0 bridgehead atoms. The summed E-state index contributed by atoms with van der Waals surface area (Å²) in [6, 6.07) is 27.9. The van der Waals surface area contributed by atoms with E-state index in [9.17, 15) is 9.90 Å². The molecule has 0 aliphatic carbocycles. The number of nitrogens with one attached hydrogen (secondary N) is 1. The van der Waals surface area contributed by atoms with Gasteiger partial charge in [-0.1, -0.05) is 84.9 Å². The second kappa shape index (κ2) is 10.9. The van der Waals surface area contributed by atoms with Crippen molar-refractivity contribution in [3.05, 3.63) is 107 Å². The largest absolute Gasteiger partial charge is 0.445 e. The lowest BCUT2D eigenvalue weighted by atomic mass is 9.94. The van der Waals surface area contributed by atoms with Crippen LogP contribution in [0.25, 0.3) is 0 Å². The predicted octanol–water partition coefficient (Wildman–Crippen LogP) is 3.94. The molecule has 32 heavy (non-hydrogen) atoms. The van der Waals surface area contributed by atoms with Crippen LogP contribution in [-0.4, -0.2) is 41.3 Å². The van der Waals surface area contributed by atoms with Gasteiger partial charge in [-0.15, -0.1) is 0 Å². The molecule has 4 rings (SSSR count). The van der Waals surface area contributed by atoms with Crippen LogP contribution in [0.15, 0.2) is 84.9 Å². The van der Waals surface area contributed by atoms with Gasteiger partial charge in [0.15, 0.2) is 0 Å². The van der Waals surface area contributed by atoms with Crippen molar-refractivity contribution in [2.45, 2.75) is 38.1 Å². The van der Waals surface area contributed by atoms with Gasteiger partial charge in [-0.05, 0) is 35.1 Å². The SMILES string of the molecule is O=C(OCc1ccccc1)N1Cc2ccccc2C[C@H]1CNC[C@H](O)Cc1ccccc1. The van der Waals surface area contributed by atoms with Gasteiger partial charge in [0, 0.05) is 19.6 Å². The molecule has 5 nitrogen and oxygen atoms in total. The van der Waals surface area contributed by atoms with E-state index in [0.717, 1.165) is 23.1 Å². The highest BCUT2D eigenvalue weighted by molar-refractivity contribution is 5.69. The van der Waals surface area contributed by atoms with Crippen molar-refractivity contribution >= 4 is 6.09 Å². The molecule has 2 N–H and O–H groups in total. The van der Waals surface area contributed by atoms with Crippen molar-refractivity contribution in [3.8, 4) is 0 Å². The summed E-state index contributed by atoms with van der Waals surface area (Å²) in [4.78, 5) is 14.8. The number of carbonyl (C=O) groups excluding carboxylic acids is 1. The molecule has 1 amide bonds. The summed E-state index contributed by atoms with van der Waals surface area (Å²) in [6.45, 7) is 1.86. The van der Waals surface area contributed by atoms with Gasteiger partial charge < -0.3 is 15.2 Å². The maximum atomic E-state index is 13.0. The lowest BCUT2D eigenvalue weighted by Gasteiger charge is -2.36. The summed E-state index contributed by atoms with van der Waals surface area (Å²) in [5, 5.41) is 13.8. The van der Waals surface area contributed by atoms with Gasteiger partial charge in [-0.2, -0.15) is 0 Å². The second-order valence-electron chi connectivity index (χ2n) is 8.30. The van der Waals surface area contributed by atoms with Crippen molar-refractivity contribution < 1.29 is 14.6 Å². The minimum absolute atomic E-state index is 0.0305. The monoisotopic (exact) mass is 430 g/mol. The summed E-state index contributed by atoms with van der Waals surface area (Å²) in [5.41, 5.74) is 4.50. The van der Waals surface area contributed by atoms with Crippen molar-refractivity contribution in [1.29, 1.82) is 0 Å². The quantitative estimate of drug-likeness (QED) is 0.568. The third-order valence-electron chi connectivity index (χ3n) is 5.87. The molecule has 3 aromatic carbocycles. The highest BCUT2D eigenvalue weighted by Crippen LogP contribution is 2.24. The number of fused-ring (bicyclic) bond motifs is 1. The Morgan fingerprint density at radius 2 is 1.56 bits per heavy atom. The zero-order valence-electron chi connectivity index (χ0n) is 18.2. The van der Waals surface area contributed by atoms with E-state index in [1.54, 1.807) is 0 Å². The molecule has 1 heterocycles. The minimum atomic E-state index is -0.480. The summed E-state index contributed by atoms with van der Waals surface area (Å²) >= 11 is 0. The van der Waals surface area contributed by atoms with Crippen LogP contribution >= 0.6 is 0 Å². The topological polar surface area (TPSA) is 61.8 Å². The average Bonchev–Trinajstić information content (AvgIpc) is 2.83. The van der Waals surface area contributed by atoms with Crippen molar-refractivity contribution in [2.75, 3.05) is 13.1 Å². The number of ether oxygens (including phenoxy) is 1. The molecule has 0 fully saturated rings. The van der Waals surface area contributed by atoms with Crippen LogP contribution in [0.1, 0.15) is 22.3 Å². The summed E-state index contributed by atoms with van der Waals surface area (Å²) in [5.74, 6) is 0. The van der Waals surface area contributed by atoms with E-state index < -0.39 is 6.10 Å². The first kappa shape index (κ1) is 22.1. The molecule has 3 aromatic rings. The molecule has 1 aliphatic heterocycles. The molecule has 166 valence electrons. The molecule has 2 atom stereocenters. The Morgan fingerprint density at radius 1 is 0.938 bits per heavy atom. The lowest BCUT2D eigenvalue weighted by Crippen LogP contribution is -2.50. The number of aliphatic hydroxyl groups excluding tert-OH is 1. The fourth-order valence-electron chi connectivity index (χ4n) is 4.16. The lowest BCUT2D eigenvalue weighted by molar-refractivity contribution is 0.0718. The molecule has 0 saturated heterocycles. The third-order valence-corrected chi connectivity index (χ3v) is 5.87. The first-order chi connectivity index (χ1) is 15.7. The average molecular weight is 431 g/mol. The number of benzene rings is 3. The van der Waals surface area contributed by atoms with E-state index in [0.29, 0.717) is 26.1 Å². The van der Waals surface area contributed by atoms with Crippen molar-refractivity contribution in [2.24, 2.45) is 0 Å². The van der Waals surface area contributed by atoms with E-state index in [2.05, 4.69) is 17.4 Å². The Balaban J connectivity index is 1.35. The molecule has 0 aromatic heterocycles. The maximum absolute atomic E-state index is 13.0. The number of amides is 1. The van der Waals surface area contributed by atoms with Crippen LogP contribution in [0.5, 0.6) is 0 Å². The number of aliphatic hydroxyl groups is 1. The van der Waals surface area contributed by atoms with E-state index in [1.165, 1.54) is 5.56 Å². The first-order valence-corrected chi connectivity index (χ1v) is 11.2. The van der Waals surface area contributed by atoms with E-state index in [4.69, 9.17) is 4.74 Å². The van der Waals surface area contributed by atoms with Crippen molar-refractivity contribution in [3.63, 3.8) is 0 Å². The van der Waals surface area contributed by atoms with E-state index in [-0.39, 0.29) is 18.7 Å². The van der Waals surface area contributed by atoms with Gasteiger partial charge in [-0.3, -0.25) is 4.90 Å². The Kier molecular flexibility index (Phi) is 7.54. The molecular weight excluding hydrogens is 400 g/mol. The summed E-state index contributed by atoms with van der Waals surface area (Å²) < 4.78 is 5.63. The smallest absolute Gasteiger partial charge is 0.410 e. The molecule has 1 aliphatic rings. The van der Waals surface area contributed by atoms with Gasteiger partial charge in [0.2, 0.25) is 0 Å². The van der Waals surface area contributed by atoms with E-state index in [1.807, 2.05) is 77.7 Å². The molecule has 0 saturated carbocycles. The normalized spacial score (nSPS) is 16.3. The molecular formula is C27H30N2O3. The Morgan fingerprint density at radius 3 is 2.28 bits per heavy atom. The molecule has 0 spiro atoms. The second-order valence-corrected chi connectivity index (χ2v) is 8.30. The summed E-state index contributed by atoms with van der Waals surface area (Å²) in [6.07, 6.45) is 0.578. The fourth-order valence-corrected chi connectivity index (χ4v) is 4.16. The number of rotatable bonds is 8. The fraction of sp³-hybridized carbons (Fsp3) is 0.296. The number of hydrogen-bond acceptors (Lipinski definition) is 4. The van der Waals surface area contributed by atoms with Crippen LogP contribution in [0.4, 0.5) is 4.79 Å². The number of nitrogens with zero attached hydrogens (tertiary/aromatic N) is 1. The molecule has 0 radical (unpaired) electrons. The summed E-state index contributed by atoms with van der Waals surface area (Å²) in [7, 11) is 0. The zero-order chi connectivity index (χ0) is 22.2. The highest BCUT2D eigenvalue weighted by atomic mass is 16.6. The van der Waals surface area contributed by atoms with E-state index >= 15 is 0 Å². The van der Waals surface area contributed by atoms with Crippen LogP contribution in [0.2, 0.25) is 0 Å². The molecule has 5 heteroatoms.